The lowest BCUT2D eigenvalue weighted by atomic mass is 9.49. The molecular weight excluding hydrogens is 362 g/mol. The summed E-state index contributed by atoms with van der Waals surface area (Å²) in [5.74, 6) is 1.34. The average molecular weight is 390 g/mol. The Hall–Kier alpha value is -1.52. The van der Waals surface area contributed by atoms with Crippen LogP contribution in [0.5, 0.6) is 0 Å². The van der Waals surface area contributed by atoms with Crippen molar-refractivity contribution in [3.8, 4) is 0 Å². The normalized spacial score (nSPS) is 28.1. The van der Waals surface area contributed by atoms with Crippen molar-refractivity contribution in [1.29, 1.82) is 0 Å². The Morgan fingerprint density at radius 3 is 2.52 bits per heavy atom. The van der Waals surface area contributed by atoms with E-state index in [1.165, 1.54) is 12.0 Å². The van der Waals surface area contributed by atoms with Gasteiger partial charge >= 0.3 is 6.09 Å². The lowest BCUT2D eigenvalue weighted by Crippen LogP contribution is -2.49. The number of amides is 1. The van der Waals surface area contributed by atoms with E-state index in [0.717, 1.165) is 17.9 Å². The number of hydrogen-bond acceptors (Lipinski definition) is 3. The number of benzene rings is 1. The predicted molar refractivity (Wildman–Crippen MR) is 106 cm³/mol. The monoisotopic (exact) mass is 389 g/mol. The molecule has 5 rings (SSSR count). The first kappa shape index (κ1) is 18.8. The smallest absolute Gasteiger partial charge is 0.410 e. The van der Waals surface area contributed by atoms with Crippen molar-refractivity contribution in [2.24, 2.45) is 17.3 Å². The number of ether oxygens (including phenoxy) is 1. The van der Waals surface area contributed by atoms with Gasteiger partial charge in [-0.2, -0.15) is 0 Å². The lowest BCUT2D eigenvalue weighted by molar-refractivity contribution is -0.0290. The zero-order valence-corrected chi connectivity index (χ0v) is 16.8. The summed E-state index contributed by atoms with van der Waals surface area (Å²) in [6.07, 6.45) is 5.34. The molecule has 1 heterocycles. The molecule has 4 aliphatic rings. The predicted octanol–water partition coefficient (Wildman–Crippen LogP) is 4.75. The van der Waals surface area contributed by atoms with Gasteiger partial charge in [0.25, 0.3) is 0 Å². The minimum Gasteiger partial charge on any atom is -0.445 e. The Kier molecular flexibility index (Phi) is 4.76. The summed E-state index contributed by atoms with van der Waals surface area (Å²) in [4.78, 5) is 14.2. The first-order valence-electron chi connectivity index (χ1n) is 9.89. The number of carbonyl (C=O) groups excluding carboxylic acids is 1. The van der Waals surface area contributed by atoms with E-state index in [0.29, 0.717) is 48.9 Å². The van der Waals surface area contributed by atoms with Gasteiger partial charge in [0, 0.05) is 18.1 Å². The van der Waals surface area contributed by atoms with Crippen molar-refractivity contribution in [2.75, 3.05) is 19.7 Å². The number of nitrogens with zero attached hydrogens (tertiary/aromatic N) is 1. The highest BCUT2D eigenvalue weighted by Crippen LogP contribution is 2.59. The second-order valence-corrected chi connectivity index (χ2v) is 9.34. The largest absolute Gasteiger partial charge is 0.445 e. The number of allylic oxidation sites excluding steroid dienone is 1. The number of carbonyl (C=O) groups is 1. The van der Waals surface area contributed by atoms with Crippen molar-refractivity contribution in [3.63, 3.8) is 0 Å². The molecule has 27 heavy (non-hydrogen) atoms. The summed E-state index contributed by atoms with van der Waals surface area (Å²) >= 11 is 5.93. The molecule has 1 saturated heterocycles. The van der Waals surface area contributed by atoms with Gasteiger partial charge in [-0.25, -0.2) is 4.79 Å². The van der Waals surface area contributed by atoms with Crippen LogP contribution >= 0.6 is 11.6 Å². The fourth-order valence-corrected chi connectivity index (χ4v) is 5.11. The average Bonchev–Trinajstić information content (AvgIpc) is 2.67. The molecule has 1 aromatic rings. The van der Waals surface area contributed by atoms with E-state index in [4.69, 9.17) is 16.3 Å². The Balaban J connectivity index is 1.30. The third-order valence-corrected chi connectivity index (χ3v) is 7.43. The summed E-state index contributed by atoms with van der Waals surface area (Å²) < 4.78 is 5.62. The maximum Gasteiger partial charge on any atom is 0.410 e. The number of hydrogen-bond donors (Lipinski definition) is 1. The van der Waals surface area contributed by atoms with E-state index < -0.39 is 5.60 Å². The molecule has 0 aromatic heterocycles. The molecule has 1 amide bonds. The quantitative estimate of drug-likeness (QED) is 0.759. The van der Waals surface area contributed by atoms with E-state index in [9.17, 15) is 9.90 Å². The van der Waals surface area contributed by atoms with Crippen LogP contribution in [0.25, 0.3) is 0 Å². The number of likely N-dealkylation sites (tertiary alicyclic amines) is 1. The molecule has 2 bridgehead atoms. The molecular formula is C22H28ClNO3. The maximum absolute atomic E-state index is 12.5. The molecule has 2 fully saturated rings. The van der Waals surface area contributed by atoms with Crippen molar-refractivity contribution in [3.05, 3.63) is 46.5 Å². The third kappa shape index (κ3) is 3.38. The third-order valence-electron chi connectivity index (χ3n) is 7.18. The van der Waals surface area contributed by atoms with Crippen LogP contribution in [-0.2, 0) is 10.3 Å². The Labute approximate surface area is 166 Å². The van der Waals surface area contributed by atoms with Crippen LogP contribution in [0.1, 0.15) is 45.1 Å². The van der Waals surface area contributed by atoms with Gasteiger partial charge in [-0.05, 0) is 66.2 Å². The van der Waals surface area contributed by atoms with Gasteiger partial charge in [0.2, 0.25) is 0 Å². The Morgan fingerprint density at radius 2 is 1.93 bits per heavy atom. The van der Waals surface area contributed by atoms with E-state index in [2.05, 4.69) is 19.9 Å². The molecule has 1 N–H and O–H groups in total. The number of rotatable bonds is 3. The number of fused-ring (bicyclic) bond motifs is 1. The Bertz CT molecular complexity index is 747. The molecule has 2 atom stereocenters. The van der Waals surface area contributed by atoms with Crippen LogP contribution in [0, 0.1) is 17.3 Å². The van der Waals surface area contributed by atoms with Gasteiger partial charge in [0.1, 0.15) is 6.61 Å². The highest BCUT2D eigenvalue weighted by molar-refractivity contribution is 6.30. The highest BCUT2D eigenvalue weighted by Gasteiger charge is 2.51. The summed E-state index contributed by atoms with van der Waals surface area (Å²) in [6.45, 7) is 6.03. The van der Waals surface area contributed by atoms with E-state index in [-0.39, 0.29) is 6.09 Å². The number of piperidine rings is 1. The number of aliphatic hydroxyl groups is 1. The van der Waals surface area contributed by atoms with Gasteiger partial charge in [0.05, 0.1) is 5.60 Å². The lowest BCUT2D eigenvalue weighted by Gasteiger charge is -2.56. The van der Waals surface area contributed by atoms with Crippen LogP contribution in [0.2, 0.25) is 5.02 Å². The highest BCUT2D eigenvalue weighted by atomic mass is 35.5. The van der Waals surface area contributed by atoms with Gasteiger partial charge in [-0.1, -0.05) is 43.7 Å². The Morgan fingerprint density at radius 1 is 1.26 bits per heavy atom. The van der Waals surface area contributed by atoms with E-state index >= 15 is 0 Å². The molecule has 5 heteroatoms. The van der Waals surface area contributed by atoms with Crippen LogP contribution in [0.3, 0.4) is 0 Å². The van der Waals surface area contributed by atoms with Gasteiger partial charge < -0.3 is 14.7 Å². The molecule has 2 unspecified atom stereocenters. The van der Waals surface area contributed by atoms with Crippen molar-refractivity contribution >= 4 is 17.7 Å². The van der Waals surface area contributed by atoms with Gasteiger partial charge in [-0.15, -0.1) is 0 Å². The topological polar surface area (TPSA) is 49.8 Å². The van der Waals surface area contributed by atoms with Crippen molar-refractivity contribution < 1.29 is 14.6 Å². The minimum atomic E-state index is -0.905. The number of halogens is 1. The molecule has 1 aromatic carbocycles. The first-order valence-corrected chi connectivity index (χ1v) is 10.3. The van der Waals surface area contributed by atoms with E-state index in [1.54, 1.807) is 17.0 Å². The van der Waals surface area contributed by atoms with E-state index in [1.807, 2.05) is 12.1 Å². The summed E-state index contributed by atoms with van der Waals surface area (Å²) in [6, 6.07) is 7.30. The molecule has 4 nitrogen and oxygen atoms in total. The SMILES string of the molecule is CC1(C)C2CC=C(COC(=O)N3CCC(O)(c4ccc(Cl)cc4)CC3)C1C2. The molecule has 0 radical (unpaired) electrons. The summed E-state index contributed by atoms with van der Waals surface area (Å²) in [5.41, 5.74) is 1.58. The maximum atomic E-state index is 12.5. The second-order valence-electron chi connectivity index (χ2n) is 8.90. The fraction of sp³-hybridized carbons (Fsp3) is 0.591. The van der Waals surface area contributed by atoms with Gasteiger partial charge in [-0.3, -0.25) is 0 Å². The fourth-order valence-electron chi connectivity index (χ4n) is 4.98. The summed E-state index contributed by atoms with van der Waals surface area (Å²) in [5, 5.41) is 11.6. The van der Waals surface area contributed by atoms with Crippen LogP contribution in [0.4, 0.5) is 4.79 Å². The van der Waals surface area contributed by atoms with Crippen LogP contribution < -0.4 is 0 Å². The summed E-state index contributed by atoms with van der Waals surface area (Å²) in [7, 11) is 0. The molecule has 1 saturated carbocycles. The first-order chi connectivity index (χ1) is 12.8. The molecule has 0 spiro atoms. The van der Waals surface area contributed by atoms with Crippen molar-refractivity contribution in [1.82, 2.24) is 4.90 Å². The zero-order chi connectivity index (χ0) is 19.2. The van der Waals surface area contributed by atoms with Crippen molar-refractivity contribution in [2.45, 2.75) is 45.1 Å². The zero-order valence-electron chi connectivity index (χ0n) is 16.1. The van der Waals surface area contributed by atoms with Crippen LogP contribution in [0.15, 0.2) is 35.9 Å². The van der Waals surface area contributed by atoms with Crippen LogP contribution in [-0.4, -0.2) is 35.8 Å². The minimum absolute atomic E-state index is 0.270. The van der Waals surface area contributed by atoms with Gasteiger partial charge in [0.15, 0.2) is 0 Å². The molecule has 146 valence electrons. The standard InChI is InChI=1S/C22H28ClNO3/c1-21(2)17-4-3-15(19(21)13-17)14-27-20(25)24-11-9-22(26,10-12-24)16-5-7-18(23)8-6-16/h3,5-8,17,19,26H,4,9-14H2,1-2H3. The second kappa shape index (κ2) is 6.82. The molecule has 1 aliphatic heterocycles. The molecule has 3 aliphatic carbocycles.